The summed E-state index contributed by atoms with van der Waals surface area (Å²) < 4.78 is 54.6. The van der Waals surface area contributed by atoms with Crippen LogP contribution in [0.15, 0.2) is 66.3 Å². The van der Waals surface area contributed by atoms with Crippen LogP contribution in [0.2, 0.25) is 0 Å². The van der Waals surface area contributed by atoms with Crippen molar-refractivity contribution in [1.29, 1.82) is 0 Å². The number of hydrogen-bond donors (Lipinski definition) is 1. The zero-order valence-corrected chi connectivity index (χ0v) is 21.9. The summed E-state index contributed by atoms with van der Waals surface area (Å²) in [7, 11) is 1.54. The van der Waals surface area contributed by atoms with Crippen LogP contribution in [-0.2, 0) is 22.4 Å². The molecule has 0 aromatic heterocycles. The number of carbonyl (C=O) groups excluding carboxylic acids is 2. The van der Waals surface area contributed by atoms with E-state index in [0.29, 0.717) is 23.1 Å². The normalized spacial score (nSPS) is 13.2. The lowest BCUT2D eigenvalue weighted by atomic mass is 9.90. The zero-order chi connectivity index (χ0) is 27.0. The number of aryl methyl sites for hydroxylation is 1. The summed E-state index contributed by atoms with van der Waals surface area (Å²) >= 11 is 0. The first-order valence-electron chi connectivity index (χ1n) is 11.6. The Kier molecular flexibility index (Phi) is 10.6. The molecule has 0 saturated heterocycles. The number of allylic oxidation sites excluding steroid dienone is 3. The van der Waals surface area contributed by atoms with E-state index in [4.69, 9.17) is 0 Å². The van der Waals surface area contributed by atoms with Gasteiger partial charge in [0.15, 0.2) is 5.78 Å². The first-order chi connectivity index (χ1) is 16.8. The highest BCUT2D eigenvalue weighted by molar-refractivity contribution is 7.19. The summed E-state index contributed by atoms with van der Waals surface area (Å²) in [5.74, 6) is -0.792. The molecule has 0 radical (unpaired) electrons. The van der Waals surface area contributed by atoms with E-state index in [2.05, 4.69) is 11.9 Å². The molecule has 194 valence electrons. The second kappa shape index (κ2) is 13.0. The summed E-state index contributed by atoms with van der Waals surface area (Å²) in [5.41, 5.74) is -1.37. The Morgan fingerprint density at radius 3 is 2.28 bits per heavy atom. The van der Waals surface area contributed by atoms with Gasteiger partial charge in [-0.1, -0.05) is 64.3 Å². The third-order valence-corrected chi connectivity index (χ3v) is 6.07. The number of carbonyl (C=O) groups is 2. The summed E-state index contributed by atoms with van der Waals surface area (Å²) in [6.45, 7) is 8.07. The summed E-state index contributed by atoms with van der Waals surface area (Å²) in [5, 5.41) is 2.78. The Morgan fingerprint density at radius 2 is 1.69 bits per heavy atom. The molecule has 2 aromatic carbocycles. The van der Waals surface area contributed by atoms with Gasteiger partial charge >= 0.3 is 0 Å². The van der Waals surface area contributed by atoms with Crippen LogP contribution in [0.4, 0.5) is 17.6 Å². The fourth-order valence-corrected chi connectivity index (χ4v) is 4.32. The van der Waals surface area contributed by atoms with Crippen LogP contribution in [0.25, 0.3) is 5.57 Å². The van der Waals surface area contributed by atoms with Gasteiger partial charge in [0.2, 0.25) is 5.91 Å². The molecule has 1 unspecified atom stereocenters. The van der Waals surface area contributed by atoms with Crippen LogP contribution < -0.4 is 5.32 Å². The van der Waals surface area contributed by atoms with Crippen molar-refractivity contribution in [2.24, 2.45) is 0 Å². The van der Waals surface area contributed by atoms with E-state index in [0.717, 1.165) is 5.56 Å². The molecule has 0 heterocycles. The van der Waals surface area contributed by atoms with E-state index in [9.17, 15) is 27.2 Å². The molecule has 2 aromatic rings. The van der Waals surface area contributed by atoms with Gasteiger partial charge in [-0.2, -0.15) is 8.78 Å². The number of nitrogens with one attached hydrogen (secondary N) is 1. The van der Waals surface area contributed by atoms with Gasteiger partial charge in [-0.25, -0.2) is 8.78 Å². The lowest BCUT2D eigenvalue weighted by Crippen LogP contribution is -2.34. The highest BCUT2D eigenvalue weighted by Gasteiger charge is 2.34. The number of ketones is 1. The van der Waals surface area contributed by atoms with Crippen LogP contribution in [0.3, 0.4) is 0 Å². The third-order valence-electron chi connectivity index (χ3n) is 5.78. The number of amides is 1. The van der Waals surface area contributed by atoms with E-state index in [1.165, 1.54) is 6.92 Å². The first-order valence-corrected chi connectivity index (χ1v) is 12.2. The van der Waals surface area contributed by atoms with E-state index in [-0.39, 0.29) is 47.9 Å². The van der Waals surface area contributed by atoms with Gasteiger partial charge in [0.05, 0.1) is 0 Å². The molecule has 0 aliphatic carbocycles. The van der Waals surface area contributed by atoms with Crippen LogP contribution in [-0.4, -0.2) is 29.8 Å². The zero-order valence-electron chi connectivity index (χ0n) is 20.7. The second-order valence-electron chi connectivity index (χ2n) is 8.98. The van der Waals surface area contributed by atoms with Gasteiger partial charge in [-0.15, -0.1) is 0 Å². The van der Waals surface area contributed by atoms with E-state index in [1.807, 2.05) is 12.1 Å². The van der Waals surface area contributed by atoms with E-state index < -0.39 is 17.9 Å². The van der Waals surface area contributed by atoms with Crippen molar-refractivity contribution in [3.8, 4) is 0 Å². The van der Waals surface area contributed by atoms with Crippen molar-refractivity contribution in [2.75, 3.05) is 0 Å². The predicted molar refractivity (Wildman–Crippen MR) is 139 cm³/mol. The minimum absolute atomic E-state index is 0.0211. The van der Waals surface area contributed by atoms with Crippen molar-refractivity contribution < 1.29 is 27.2 Å². The van der Waals surface area contributed by atoms with Gasteiger partial charge in [-0.05, 0) is 61.4 Å². The highest BCUT2D eigenvalue weighted by atomic mass is 31.0. The molecular formula is C28H32F4NO2P. The van der Waals surface area contributed by atoms with Crippen LogP contribution in [0.1, 0.15) is 48.9 Å². The quantitative estimate of drug-likeness (QED) is 0.146. The number of halogens is 4. The van der Waals surface area contributed by atoms with Crippen molar-refractivity contribution in [1.82, 2.24) is 5.32 Å². The lowest BCUT2D eigenvalue weighted by molar-refractivity contribution is -0.121. The van der Waals surface area contributed by atoms with Crippen molar-refractivity contribution in [3.63, 3.8) is 0 Å². The average Bonchev–Trinajstić information content (AvgIpc) is 2.77. The van der Waals surface area contributed by atoms with E-state index >= 15 is 0 Å². The van der Waals surface area contributed by atoms with Crippen molar-refractivity contribution in [3.05, 3.63) is 88.5 Å². The average molecular weight is 522 g/mol. The molecular weight excluding hydrogens is 489 g/mol. The van der Waals surface area contributed by atoms with Gasteiger partial charge in [0.1, 0.15) is 0 Å². The third kappa shape index (κ3) is 8.70. The number of alkyl halides is 4. The summed E-state index contributed by atoms with van der Waals surface area (Å²) in [4.78, 5) is 24.6. The minimum Gasteiger partial charge on any atom is -0.353 e. The van der Waals surface area contributed by atoms with Crippen LogP contribution in [0, 0.1) is 6.92 Å². The maximum Gasteiger partial charge on any atom is 0.284 e. The molecule has 0 bridgehead atoms. The molecule has 8 heteroatoms. The van der Waals surface area contributed by atoms with Gasteiger partial charge < -0.3 is 5.32 Å². The minimum atomic E-state index is -3.31. The van der Waals surface area contributed by atoms with Crippen LogP contribution >= 0.6 is 9.24 Å². The van der Waals surface area contributed by atoms with Crippen molar-refractivity contribution >= 4 is 26.5 Å². The molecule has 36 heavy (non-hydrogen) atoms. The van der Waals surface area contributed by atoms with E-state index in [1.54, 1.807) is 59.5 Å². The molecule has 0 aliphatic rings. The molecule has 0 saturated carbocycles. The smallest absolute Gasteiger partial charge is 0.284 e. The summed E-state index contributed by atoms with van der Waals surface area (Å²) in [6.07, 6.45) is -2.35. The Morgan fingerprint density at radius 1 is 1.06 bits per heavy atom. The number of hydrogen-bond acceptors (Lipinski definition) is 2. The Bertz CT molecular complexity index is 1140. The molecule has 1 amide bonds. The SMILES string of the molecule is C=C(CCC(=O)N[C@H](C)Cc1cccc(C/C(C(C)=O)=C(/c2ccccc2C)C(F)(F)P)c1)C(F)F. The van der Waals surface area contributed by atoms with Crippen LogP contribution in [0.5, 0.6) is 0 Å². The first kappa shape index (κ1) is 29.4. The largest absolute Gasteiger partial charge is 0.353 e. The number of benzene rings is 2. The lowest BCUT2D eigenvalue weighted by Gasteiger charge is -2.22. The van der Waals surface area contributed by atoms with Gasteiger partial charge in [-0.3, -0.25) is 9.59 Å². The number of Topliss-reactive ketones (excluding diaryl/α,β-unsaturated/α-hetero) is 1. The molecule has 1 N–H and O–H groups in total. The second-order valence-corrected chi connectivity index (χ2v) is 9.70. The van der Waals surface area contributed by atoms with Gasteiger partial charge in [0, 0.05) is 30.0 Å². The maximum atomic E-state index is 14.8. The predicted octanol–water partition coefficient (Wildman–Crippen LogP) is 6.70. The fourth-order valence-electron chi connectivity index (χ4n) is 3.99. The Labute approximate surface area is 212 Å². The standard InChI is InChI=1S/C28H32F4NO2P/c1-17-8-5-6-11-23(17)26(28(31,32)36)24(20(4)34)16-22-10-7-9-21(15-22)14-19(3)33-25(35)13-12-18(2)27(29)30/h5-11,15,19,27H,2,12-14,16,36H2,1,3-4H3,(H,33,35)/b26-24+/t19-/m1/s1. The number of rotatable bonds is 12. The van der Waals surface area contributed by atoms with Crippen molar-refractivity contribution in [2.45, 2.75) is 64.6 Å². The fraction of sp³-hybridized carbons (Fsp3) is 0.357. The molecule has 3 nitrogen and oxygen atoms in total. The molecule has 0 fully saturated rings. The topological polar surface area (TPSA) is 46.2 Å². The monoisotopic (exact) mass is 521 g/mol. The highest BCUT2D eigenvalue weighted by Crippen LogP contribution is 2.42. The molecule has 2 atom stereocenters. The molecule has 2 rings (SSSR count). The molecule has 0 aliphatic heterocycles. The summed E-state index contributed by atoms with van der Waals surface area (Å²) in [6, 6.07) is 13.6. The molecule has 0 spiro atoms. The maximum absolute atomic E-state index is 14.8. The Hall–Kier alpha value is -2.79. The Balaban J connectivity index is 2.24. The van der Waals surface area contributed by atoms with Gasteiger partial charge in [0.25, 0.3) is 12.1 Å².